The molecule has 4 heteroatoms. The van der Waals surface area contributed by atoms with Crippen molar-refractivity contribution < 1.29 is 14.2 Å². The predicted octanol–water partition coefficient (Wildman–Crippen LogP) is 6.73. The van der Waals surface area contributed by atoms with E-state index in [9.17, 15) is 5.11 Å². The van der Waals surface area contributed by atoms with E-state index < -0.39 is 11.2 Å². The van der Waals surface area contributed by atoms with Gasteiger partial charge in [-0.25, -0.2) is 0 Å². The lowest BCUT2D eigenvalue weighted by Crippen LogP contribution is -2.49. The molecule has 0 saturated carbocycles. The molecule has 5 rings (SSSR count). The molecule has 0 amide bonds. The monoisotopic (exact) mass is 447 g/mol. The van der Waals surface area contributed by atoms with Crippen LogP contribution in [0, 0.1) is 0 Å². The van der Waals surface area contributed by atoms with Crippen molar-refractivity contribution >= 4 is 34.9 Å². The fourth-order valence-electron chi connectivity index (χ4n) is 4.00. The molecule has 1 aromatic heterocycles. The van der Waals surface area contributed by atoms with Gasteiger partial charge in [0, 0.05) is 10.8 Å². The van der Waals surface area contributed by atoms with Crippen LogP contribution in [0.3, 0.4) is 0 Å². The smallest absolute Gasteiger partial charge is 0.330 e. The van der Waals surface area contributed by atoms with Crippen molar-refractivity contribution in [1.82, 2.24) is 0 Å². The summed E-state index contributed by atoms with van der Waals surface area (Å²) < 4.78 is 12.1. The molecule has 0 saturated heterocycles. The van der Waals surface area contributed by atoms with E-state index in [1.54, 1.807) is 21.3 Å². The molecule has 3 nitrogen and oxygen atoms in total. The summed E-state index contributed by atoms with van der Waals surface area (Å²) in [6.45, 7) is 7.27. The molecule has 0 aliphatic heterocycles. The molecule has 0 fully saturated rings. The Morgan fingerprint density at radius 2 is 1.26 bits per heavy atom. The third-order valence-electron chi connectivity index (χ3n) is 6.78. The lowest BCUT2D eigenvalue weighted by molar-refractivity contribution is -0.0893. The van der Waals surface area contributed by atoms with Gasteiger partial charge < -0.3 is 14.2 Å². The maximum atomic E-state index is 10.4. The fourth-order valence-corrected chi connectivity index (χ4v) is 4.00. The lowest BCUT2D eigenvalue weighted by Gasteiger charge is -2.37. The number of aliphatic hydroxyl groups is 1. The van der Waals surface area contributed by atoms with E-state index >= 15 is 0 Å². The Kier molecular flexibility index (Phi) is 5.59. The maximum Gasteiger partial charge on any atom is 0.330 e. The molecule has 5 aromatic rings. The third-order valence-corrected chi connectivity index (χ3v) is 6.78. The minimum Gasteiger partial charge on any atom is -0.456 e. The van der Waals surface area contributed by atoms with Crippen LogP contribution in [0.15, 0.2) is 95.4 Å². The third kappa shape index (κ3) is 4.15. The van der Waals surface area contributed by atoms with Crippen molar-refractivity contribution in [3.63, 3.8) is 0 Å². The Balaban J connectivity index is 1.55. The summed E-state index contributed by atoms with van der Waals surface area (Å²) in [6.07, 6.45) is 0. The minimum atomic E-state index is -0.975. The molecule has 0 atom stereocenters. The Labute approximate surface area is 201 Å². The molecular weight excluding hydrogens is 419 g/mol. The highest BCUT2D eigenvalue weighted by molar-refractivity contribution is 6.47. The van der Waals surface area contributed by atoms with Crippen molar-refractivity contribution in [3.8, 4) is 22.3 Å². The minimum absolute atomic E-state index is 0.727. The van der Waals surface area contributed by atoms with E-state index in [0.29, 0.717) is 0 Å². The molecular formula is C30H28BO3. The first-order chi connectivity index (χ1) is 16.2. The molecule has 1 heterocycles. The Morgan fingerprint density at radius 1 is 0.676 bits per heavy atom. The van der Waals surface area contributed by atoms with Crippen molar-refractivity contribution in [2.75, 3.05) is 0 Å². The second-order valence-electron chi connectivity index (χ2n) is 9.79. The van der Waals surface area contributed by atoms with Crippen molar-refractivity contribution in [3.05, 3.63) is 91.0 Å². The summed E-state index contributed by atoms with van der Waals surface area (Å²) in [4.78, 5) is 0. The molecule has 169 valence electrons. The molecule has 0 unspecified atom stereocenters. The quantitative estimate of drug-likeness (QED) is 0.294. The second-order valence-corrected chi connectivity index (χ2v) is 9.79. The van der Waals surface area contributed by atoms with Crippen LogP contribution in [-0.2, 0) is 4.65 Å². The fraction of sp³-hybridized carbons (Fsp3) is 0.200. The second kappa shape index (κ2) is 8.46. The van der Waals surface area contributed by atoms with Gasteiger partial charge in [0.05, 0.1) is 11.2 Å². The summed E-state index contributed by atoms with van der Waals surface area (Å²) in [7, 11) is 1.71. The van der Waals surface area contributed by atoms with Gasteiger partial charge in [-0.2, -0.15) is 0 Å². The average molecular weight is 447 g/mol. The first-order valence-corrected chi connectivity index (χ1v) is 11.6. The molecule has 1 radical (unpaired) electrons. The number of furan rings is 1. The van der Waals surface area contributed by atoms with Crippen LogP contribution < -0.4 is 5.46 Å². The highest BCUT2D eigenvalue weighted by Crippen LogP contribution is 2.36. The highest BCUT2D eigenvalue weighted by atomic mass is 16.5. The molecule has 0 aliphatic carbocycles. The molecule has 0 aliphatic rings. The first kappa shape index (κ1) is 22.5. The number of hydrogen-bond acceptors (Lipinski definition) is 3. The van der Waals surface area contributed by atoms with Gasteiger partial charge >= 0.3 is 7.48 Å². The van der Waals surface area contributed by atoms with Crippen molar-refractivity contribution in [1.29, 1.82) is 0 Å². The first-order valence-electron chi connectivity index (χ1n) is 11.6. The topological polar surface area (TPSA) is 42.6 Å². The largest absolute Gasteiger partial charge is 0.456 e. The van der Waals surface area contributed by atoms with E-state index in [-0.39, 0.29) is 0 Å². The van der Waals surface area contributed by atoms with E-state index in [1.807, 2.05) is 38.1 Å². The Bertz CT molecular complexity index is 1460. The Hall–Kier alpha value is -3.34. The lowest BCUT2D eigenvalue weighted by atomic mass is 9.82. The van der Waals surface area contributed by atoms with Crippen LogP contribution in [0.2, 0.25) is 0 Å². The molecule has 1 N–H and O–H groups in total. The van der Waals surface area contributed by atoms with Crippen molar-refractivity contribution in [2.45, 2.75) is 38.9 Å². The zero-order valence-corrected chi connectivity index (χ0v) is 20.0. The van der Waals surface area contributed by atoms with Crippen LogP contribution >= 0.6 is 0 Å². The van der Waals surface area contributed by atoms with Gasteiger partial charge in [-0.15, -0.1) is 0 Å². The van der Waals surface area contributed by atoms with Crippen LogP contribution in [0.1, 0.15) is 27.7 Å². The summed E-state index contributed by atoms with van der Waals surface area (Å²) in [5.41, 5.74) is 5.62. The maximum absolute atomic E-state index is 10.4. The van der Waals surface area contributed by atoms with Gasteiger partial charge in [0.2, 0.25) is 0 Å². The predicted molar refractivity (Wildman–Crippen MR) is 141 cm³/mol. The number of hydrogen-bond donors (Lipinski definition) is 1. The van der Waals surface area contributed by atoms with Crippen molar-refractivity contribution in [2.24, 2.45) is 0 Å². The van der Waals surface area contributed by atoms with Crippen LogP contribution in [0.4, 0.5) is 0 Å². The van der Waals surface area contributed by atoms with Gasteiger partial charge in [0.1, 0.15) is 11.2 Å². The number of rotatable bonds is 6. The molecule has 0 spiro atoms. The summed E-state index contributed by atoms with van der Waals surface area (Å²) in [6, 6.07) is 31.3. The normalized spacial score (nSPS) is 12.4. The molecule has 4 aromatic carbocycles. The van der Waals surface area contributed by atoms with Gasteiger partial charge in [-0.1, -0.05) is 78.3 Å². The van der Waals surface area contributed by atoms with Gasteiger partial charge in [-0.3, -0.25) is 0 Å². The van der Waals surface area contributed by atoms with Crippen LogP contribution in [-0.4, -0.2) is 23.8 Å². The SMILES string of the molecule is CC(C)(O)C(C)(C)O[B]c1ccc2oc3ccc(-c4ccccc4-c4ccccc4)cc3c2c1. The standard InChI is InChI=1S/C30H28BO3/c1-29(2,32)30(3,4)34-31-22-15-17-28-26(19-22)25-18-21(14-16-27(25)33-28)24-13-9-8-12-23(24)20-10-6-5-7-11-20/h5-19,32H,1-4H3. The summed E-state index contributed by atoms with van der Waals surface area (Å²) in [5, 5.41) is 12.5. The highest BCUT2D eigenvalue weighted by Gasteiger charge is 2.35. The van der Waals surface area contributed by atoms with E-state index in [4.69, 9.17) is 9.07 Å². The zero-order valence-electron chi connectivity index (χ0n) is 20.0. The number of fused-ring (bicyclic) bond motifs is 3. The van der Waals surface area contributed by atoms with Crippen LogP contribution in [0.5, 0.6) is 0 Å². The van der Waals surface area contributed by atoms with Gasteiger partial charge in [-0.05, 0) is 68.1 Å². The summed E-state index contributed by atoms with van der Waals surface area (Å²) in [5.74, 6) is 0. The molecule has 0 bridgehead atoms. The summed E-state index contributed by atoms with van der Waals surface area (Å²) >= 11 is 0. The molecule has 34 heavy (non-hydrogen) atoms. The van der Waals surface area contributed by atoms with E-state index in [0.717, 1.165) is 33.0 Å². The average Bonchev–Trinajstić information content (AvgIpc) is 3.20. The van der Waals surface area contributed by atoms with E-state index in [1.165, 1.54) is 16.7 Å². The number of benzene rings is 4. The van der Waals surface area contributed by atoms with E-state index in [2.05, 4.69) is 66.7 Å². The Morgan fingerprint density at radius 3 is 1.94 bits per heavy atom. The van der Waals surface area contributed by atoms with Crippen LogP contribution in [0.25, 0.3) is 44.2 Å². The van der Waals surface area contributed by atoms with Gasteiger partial charge in [0.25, 0.3) is 0 Å². The zero-order chi connectivity index (χ0) is 23.9. The van der Waals surface area contributed by atoms with Gasteiger partial charge in [0.15, 0.2) is 0 Å².